The number of pyridine rings is 1. The molecule has 2 aromatic heterocycles. The highest BCUT2D eigenvalue weighted by molar-refractivity contribution is 8.00. The molecule has 0 unspecified atom stereocenters. The average molecular weight is 250 g/mol. The molecule has 0 fully saturated rings. The molecule has 1 atom stereocenters. The third-order valence-corrected chi connectivity index (χ3v) is 2.95. The number of rotatable bonds is 4. The maximum atomic E-state index is 10.9. The highest BCUT2D eigenvalue weighted by Gasteiger charge is 2.16. The van der Waals surface area contributed by atoms with Crippen LogP contribution < -0.4 is 5.73 Å². The fourth-order valence-corrected chi connectivity index (χ4v) is 1.71. The number of aromatic nitrogens is 3. The minimum absolute atomic E-state index is 0.315. The van der Waals surface area contributed by atoms with Crippen LogP contribution in [0.15, 0.2) is 34.2 Å². The Bertz CT molecular complexity index is 514. The summed E-state index contributed by atoms with van der Waals surface area (Å²) < 4.78 is 5.38. The molecule has 0 aliphatic carbocycles. The molecule has 2 rings (SSSR count). The van der Waals surface area contributed by atoms with Gasteiger partial charge in [0.25, 0.3) is 5.22 Å². The van der Waals surface area contributed by atoms with E-state index in [9.17, 15) is 4.79 Å². The van der Waals surface area contributed by atoms with Gasteiger partial charge in [-0.25, -0.2) is 0 Å². The van der Waals surface area contributed by atoms with Crippen LogP contribution in [0.1, 0.15) is 6.92 Å². The van der Waals surface area contributed by atoms with Crippen molar-refractivity contribution in [3.63, 3.8) is 0 Å². The van der Waals surface area contributed by atoms with Gasteiger partial charge in [0.05, 0.1) is 10.8 Å². The standard InChI is InChI=1S/C10H10N4O2S/c1-6(8(11)15)17-10-14-13-9(16-10)7-3-2-4-12-5-7/h2-6H,1H3,(H2,11,15)/t6-/m0/s1. The number of carbonyl (C=O) groups is 1. The number of nitrogens with zero attached hydrogens (tertiary/aromatic N) is 3. The smallest absolute Gasteiger partial charge is 0.277 e. The first kappa shape index (κ1) is 11.6. The molecule has 6 nitrogen and oxygen atoms in total. The van der Waals surface area contributed by atoms with E-state index in [-0.39, 0.29) is 0 Å². The van der Waals surface area contributed by atoms with Gasteiger partial charge in [-0.1, -0.05) is 11.8 Å². The van der Waals surface area contributed by atoms with E-state index < -0.39 is 11.2 Å². The Morgan fingerprint density at radius 1 is 1.53 bits per heavy atom. The molecule has 1 amide bonds. The summed E-state index contributed by atoms with van der Waals surface area (Å²) in [7, 11) is 0. The first-order valence-electron chi connectivity index (χ1n) is 4.86. The zero-order valence-corrected chi connectivity index (χ0v) is 9.85. The zero-order chi connectivity index (χ0) is 12.3. The summed E-state index contributed by atoms with van der Waals surface area (Å²) in [5, 5.41) is 7.60. The molecule has 7 heteroatoms. The summed E-state index contributed by atoms with van der Waals surface area (Å²) in [6.45, 7) is 1.68. The second-order valence-electron chi connectivity index (χ2n) is 3.28. The van der Waals surface area contributed by atoms with Gasteiger partial charge in [-0.2, -0.15) is 0 Å². The van der Waals surface area contributed by atoms with Gasteiger partial charge >= 0.3 is 0 Å². The molecule has 0 bridgehead atoms. The molecular weight excluding hydrogens is 240 g/mol. The van der Waals surface area contributed by atoms with E-state index in [2.05, 4.69) is 15.2 Å². The number of thioether (sulfide) groups is 1. The number of amides is 1. The highest BCUT2D eigenvalue weighted by Crippen LogP contribution is 2.25. The van der Waals surface area contributed by atoms with Gasteiger partial charge in [-0.3, -0.25) is 9.78 Å². The van der Waals surface area contributed by atoms with Crippen LogP contribution in [0.3, 0.4) is 0 Å². The van der Waals surface area contributed by atoms with Crippen LogP contribution in [0.4, 0.5) is 0 Å². The molecule has 0 radical (unpaired) electrons. The summed E-state index contributed by atoms with van der Waals surface area (Å²) in [4.78, 5) is 14.8. The molecule has 2 N–H and O–H groups in total. The van der Waals surface area contributed by atoms with Crippen molar-refractivity contribution in [3.05, 3.63) is 24.5 Å². The lowest BCUT2D eigenvalue weighted by Gasteiger charge is -2.00. The van der Waals surface area contributed by atoms with Crippen molar-refractivity contribution in [2.75, 3.05) is 0 Å². The van der Waals surface area contributed by atoms with Gasteiger partial charge in [0, 0.05) is 12.4 Å². The minimum Gasteiger partial charge on any atom is -0.411 e. The molecule has 0 spiro atoms. The Hall–Kier alpha value is -1.89. The van der Waals surface area contributed by atoms with Crippen molar-refractivity contribution in [2.45, 2.75) is 17.4 Å². The lowest BCUT2D eigenvalue weighted by molar-refractivity contribution is -0.117. The Morgan fingerprint density at radius 2 is 2.35 bits per heavy atom. The average Bonchev–Trinajstić information content (AvgIpc) is 2.78. The summed E-state index contributed by atoms with van der Waals surface area (Å²) in [5.74, 6) is -0.0478. The van der Waals surface area contributed by atoms with Gasteiger partial charge in [0.15, 0.2) is 0 Å². The maximum Gasteiger partial charge on any atom is 0.277 e. The molecule has 2 aromatic rings. The summed E-state index contributed by atoms with van der Waals surface area (Å²) in [5.41, 5.74) is 5.88. The number of primary amides is 1. The third kappa shape index (κ3) is 2.82. The predicted octanol–water partition coefficient (Wildman–Crippen LogP) is 1.10. The SMILES string of the molecule is C[C@H](Sc1nnc(-c2cccnc2)o1)C(N)=O. The van der Waals surface area contributed by atoms with Crippen molar-refractivity contribution >= 4 is 17.7 Å². The lowest BCUT2D eigenvalue weighted by atomic mass is 10.3. The Labute approximate surface area is 102 Å². The summed E-state index contributed by atoms with van der Waals surface area (Å²) >= 11 is 1.13. The normalized spacial score (nSPS) is 12.3. The van der Waals surface area contributed by atoms with E-state index in [1.54, 1.807) is 25.4 Å². The van der Waals surface area contributed by atoms with Crippen molar-refractivity contribution < 1.29 is 9.21 Å². The maximum absolute atomic E-state index is 10.9. The van der Waals surface area contributed by atoms with E-state index in [4.69, 9.17) is 10.2 Å². The van der Waals surface area contributed by atoms with Crippen LogP contribution in [-0.2, 0) is 4.79 Å². The Morgan fingerprint density at radius 3 is 3.00 bits per heavy atom. The molecule has 0 saturated carbocycles. The number of hydrogen-bond acceptors (Lipinski definition) is 6. The monoisotopic (exact) mass is 250 g/mol. The van der Waals surface area contributed by atoms with E-state index in [0.29, 0.717) is 11.1 Å². The first-order valence-corrected chi connectivity index (χ1v) is 5.74. The molecule has 17 heavy (non-hydrogen) atoms. The molecule has 0 aliphatic heterocycles. The van der Waals surface area contributed by atoms with Gasteiger partial charge < -0.3 is 10.2 Å². The second kappa shape index (κ2) is 4.96. The fraction of sp³-hybridized carbons (Fsp3) is 0.200. The molecule has 0 aromatic carbocycles. The topological polar surface area (TPSA) is 94.9 Å². The Kier molecular flexibility index (Phi) is 3.38. The van der Waals surface area contributed by atoms with E-state index >= 15 is 0 Å². The van der Waals surface area contributed by atoms with Crippen LogP contribution in [0, 0.1) is 0 Å². The zero-order valence-electron chi connectivity index (χ0n) is 9.03. The van der Waals surface area contributed by atoms with Crippen molar-refractivity contribution in [1.29, 1.82) is 0 Å². The van der Waals surface area contributed by atoms with Crippen LogP contribution in [0.5, 0.6) is 0 Å². The third-order valence-electron chi connectivity index (χ3n) is 1.99. The van der Waals surface area contributed by atoms with Crippen molar-refractivity contribution in [3.8, 4) is 11.5 Å². The van der Waals surface area contributed by atoms with E-state index in [0.717, 1.165) is 17.3 Å². The first-order chi connectivity index (χ1) is 8.16. The quantitative estimate of drug-likeness (QED) is 0.816. The van der Waals surface area contributed by atoms with Crippen LogP contribution >= 0.6 is 11.8 Å². The van der Waals surface area contributed by atoms with E-state index in [1.807, 2.05) is 6.07 Å². The van der Waals surface area contributed by atoms with Gasteiger partial charge in [0.1, 0.15) is 0 Å². The number of carbonyl (C=O) groups excluding carboxylic acids is 1. The van der Waals surface area contributed by atoms with E-state index in [1.165, 1.54) is 0 Å². The van der Waals surface area contributed by atoms with Gasteiger partial charge in [-0.15, -0.1) is 10.2 Å². The highest BCUT2D eigenvalue weighted by atomic mass is 32.2. The largest absolute Gasteiger partial charge is 0.411 e. The predicted molar refractivity (Wildman–Crippen MR) is 62.0 cm³/mol. The van der Waals surface area contributed by atoms with Crippen molar-refractivity contribution in [1.82, 2.24) is 15.2 Å². The summed E-state index contributed by atoms with van der Waals surface area (Å²) in [6, 6.07) is 3.59. The summed E-state index contributed by atoms with van der Waals surface area (Å²) in [6.07, 6.45) is 3.28. The molecule has 0 aliphatic rings. The Balaban J connectivity index is 2.14. The van der Waals surface area contributed by atoms with Crippen LogP contribution in [-0.4, -0.2) is 26.3 Å². The number of hydrogen-bond donors (Lipinski definition) is 1. The lowest BCUT2D eigenvalue weighted by Crippen LogP contribution is -2.22. The molecule has 2 heterocycles. The fourth-order valence-electron chi connectivity index (χ4n) is 1.07. The minimum atomic E-state index is -0.420. The second-order valence-corrected chi connectivity index (χ2v) is 4.57. The van der Waals surface area contributed by atoms with Crippen LogP contribution in [0.2, 0.25) is 0 Å². The van der Waals surface area contributed by atoms with Crippen LogP contribution in [0.25, 0.3) is 11.5 Å². The van der Waals surface area contributed by atoms with Gasteiger partial charge in [0.2, 0.25) is 11.8 Å². The molecule has 88 valence electrons. The number of nitrogens with two attached hydrogens (primary N) is 1. The molecular formula is C10H10N4O2S. The van der Waals surface area contributed by atoms with Gasteiger partial charge in [-0.05, 0) is 19.1 Å². The van der Waals surface area contributed by atoms with Crippen molar-refractivity contribution in [2.24, 2.45) is 5.73 Å². The molecule has 0 saturated heterocycles.